The Labute approximate surface area is 123 Å². The largest absolute Gasteiger partial charge is 0.377 e. The number of hydrogen-bond acceptors (Lipinski definition) is 4. The summed E-state index contributed by atoms with van der Waals surface area (Å²) in [6, 6.07) is 10.2. The molecule has 4 nitrogen and oxygen atoms in total. The summed E-state index contributed by atoms with van der Waals surface area (Å²) in [5.74, 6) is 2.83. The first-order valence-corrected chi connectivity index (χ1v) is 7.97. The Morgan fingerprint density at radius 1 is 1.30 bits per heavy atom. The van der Waals surface area contributed by atoms with Crippen molar-refractivity contribution in [3.63, 3.8) is 0 Å². The highest BCUT2D eigenvalue weighted by atomic mass is 32.2. The Morgan fingerprint density at radius 3 is 2.80 bits per heavy atom. The fraction of sp³-hybridized carbons (Fsp3) is 0.467. The Kier molecular flexibility index (Phi) is 4.08. The van der Waals surface area contributed by atoms with Crippen molar-refractivity contribution in [2.24, 2.45) is 7.05 Å². The fourth-order valence-electron chi connectivity index (χ4n) is 2.44. The van der Waals surface area contributed by atoms with E-state index in [2.05, 4.69) is 33.8 Å². The molecule has 2 heterocycles. The van der Waals surface area contributed by atoms with Crippen LogP contribution in [0.5, 0.6) is 0 Å². The summed E-state index contributed by atoms with van der Waals surface area (Å²) >= 11 is 1.92. The summed E-state index contributed by atoms with van der Waals surface area (Å²) in [4.78, 5) is 0. The average Bonchev–Trinajstić information content (AvgIpc) is 3.04. The molecule has 0 bridgehead atoms. The molecule has 2 aromatic rings. The molecule has 5 heteroatoms. The predicted octanol–water partition coefficient (Wildman–Crippen LogP) is 2.89. The Bertz CT molecular complexity index is 570. The molecule has 1 aromatic carbocycles. The van der Waals surface area contributed by atoms with Crippen molar-refractivity contribution < 1.29 is 4.74 Å². The Hall–Kier alpha value is -1.33. The molecule has 1 fully saturated rings. The average molecular weight is 289 g/mol. The summed E-state index contributed by atoms with van der Waals surface area (Å²) in [6.45, 7) is 3.03. The van der Waals surface area contributed by atoms with Crippen LogP contribution in [-0.4, -0.2) is 32.7 Å². The van der Waals surface area contributed by atoms with Gasteiger partial charge in [-0.2, -0.15) is 0 Å². The second-order valence-corrected chi connectivity index (χ2v) is 6.31. The van der Waals surface area contributed by atoms with Crippen molar-refractivity contribution >= 4 is 11.8 Å². The third kappa shape index (κ3) is 2.74. The number of thioether (sulfide) groups is 1. The van der Waals surface area contributed by atoms with Crippen molar-refractivity contribution in [1.82, 2.24) is 14.8 Å². The van der Waals surface area contributed by atoms with Crippen molar-refractivity contribution in [2.45, 2.75) is 30.5 Å². The molecule has 0 radical (unpaired) electrons. The summed E-state index contributed by atoms with van der Waals surface area (Å²) in [5, 5.41) is 9.22. The molecule has 0 amide bonds. The van der Waals surface area contributed by atoms with E-state index in [0.29, 0.717) is 11.4 Å². The number of ether oxygens (including phenoxy) is 1. The standard InChI is InChI=1S/C15H19N3OS/c1-11-13(8-9-19-11)20-10-14-16-17-15(18(14)2)12-6-4-3-5-7-12/h3-7,11,13H,8-10H2,1-2H3/t11-,13+/m0/s1. The lowest BCUT2D eigenvalue weighted by molar-refractivity contribution is 0.127. The molecule has 0 saturated carbocycles. The molecule has 106 valence electrons. The van der Waals surface area contributed by atoms with E-state index in [4.69, 9.17) is 4.74 Å². The Balaban J connectivity index is 1.71. The zero-order chi connectivity index (χ0) is 13.9. The highest BCUT2D eigenvalue weighted by Crippen LogP contribution is 2.29. The molecule has 1 saturated heterocycles. The molecule has 0 N–H and O–H groups in total. The molecule has 0 unspecified atom stereocenters. The van der Waals surface area contributed by atoms with Crippen molar-refractivity contribution in [3.05, 3.63) is 36.2 Å². The van der Waals surface area contributed by atoms with Crippen LogP contribution in [0.2, 0.25) is 0 Å². The quantitative estimate of drug-likeness (QED) is 0.867. The number of benzene rings is 1. The summed E-state index contributed by atoms with van der Waals surface area (Å²) in [6.07, 6.45) is 1.48. The van der Waals surface area contributed by atoms with Crippen molar-refractivity contribution in [1.29, 1.82) is 0 Å². The molecule has 0 aliphatic carbocycles. The van der Waals surface area contributed by atoms with E-state index in [1.807, 2.05) is 37.0 Å². The highest BCUT2D eigenvalue weighted by Gasteiger charge is 2.25. The minimum absolute atomic E-state index is 0.349. The van der Waals surface area contributed by atoms with E-state index >= 15 is 0 Å². The van der Waals surface area contributed by atoms with Gasteiger partial charge in [-0.15, -0.1) is 22.0 Å². The lowest BCUT2D eigenvalue weighted by atomic mass is 10.2. The van der Waals surface area contributed by atoms with Crippen molar-refractivity contribution in [3.8, 4) is 11.4 Å². The first-order chi connectivity index (χ1) is 9.75. The maximum absolute atomic E-state index is 5.59. The number of aromatic nitrogens is 3. The van der Waals surface area contributed by atoms with E-state index in [-0.39, 0.29) is 0 Å². The van der Waals surface area contributed by atoms with E-state index in [9.17, 15) is 0 Å². The molecular weight excluding hydrogens is 270 g/mol. The molecule has 1 aliphatic rings. The van der Waals surface area contributed by atoms with Crippen molar-refractivity contribution in [2.75, 3.05) is 6.61 Å². The van der Waals surface area contributed by atoms with Crippen LogP contribution < -0.4 is 0 Å². The predicted molar refractivity (Wildman–Crippen MR) is 81.6 cm³/mol. The maximum Gasteiger partial charge on any atom is 0.163 e. The van der Waals surface area contributed by atoms with E-state index in [0.717, 1.165) is 36.0 Å². The maximum atomic E-state index is 5.59. The van der Waals surface area contributed by atoms with E-state index < -0.39 is 0 Å². The van der Waals surface area contributed by atoms with Crippen LogP contribution in [0.25, 0.3) is 11.4 Å². The van der Waals surface area contributed by atoms with Gasteiger partial charge in [0.25, 0.3) is 0 Å². The molecule has 1 aliphatic heterocycles. The lowest BCUT2D eigenvalue weighted by Gasteiger charge is -2.13. The van der Waals surface area contributed by atoms with Crippen LogP contribution >= 0.6 is 11.8 Å². The van der Waals surface area contributed by atoms with Gasteiger partial charge in [0.05, 0.1) is 11.9 Å². The first-order valence-electron chi connectivity index (χ1n) is 6.92. The molecule has 2 atom stereocenters. The number of rotatable bonds is 4. The van der Waals surface area contributed by atoms with Gasteiger partial charge in [-0.1, -0.05) is 30.3 Å². The number of nitrogens with zero attached hydrogens (tertiary/aromatic N) is 3. The van der Waals surface area contributed by atoms with Gasteiger partial charge in [-0.05, 0) is 13.3 Å². The van der Waals surface area contributed by atoms with Gasteiger partial charge < -0.3 is 9.30 Å². The SMILES string of the molecule is C[C@@H]1OCC[C@H]1SCc1nnc(-c2ccccc2)n1C. The normalized spacial score (nSPS) is 22.3. The molecule has 3 rings (SSSR count). The number of hydrogen-bond donors (Lipinski definition) is 0. The zero-order valence-electron chi connectivity index (χ0n) is 11.8. The third-order valence-electron chi connectivity index (χ3n) is 3.73. The van der Waals surface area contributed by atoms with Gasteiger partial charge in [-0.25, -0.2) is 0 Å². The molecule has 1 aromatic heterocycles. The zero-order valence-corrected chi connectivity index (χ0v) is 12.6. The third-order valence-corrected chi connectivity index (χ3v) is 5.20. The monoisotopic (exact) mass is 289 g/mol. The van der Waals surface area contributed by atoms with Gasteiger partial charge in [0.2, 0.25) is 0 Å². The minimum atomic E-state index is 0.349. The first kappa shape index (κ1) is 13.6. The van der Waals surface area contributed by atoms with Gasteiger partial charge in [0.15, 0.2) is 5.82 Å². The second-order valence-electron chi connectivity index (χ2n) is 5.08. The summed E-state index contributed by atoms with van der Waals surface area (Å²) < 4.78 is 7.68. The van der Waals surface area contributed by atoms with Crippen LogP contribution in [0.1, 0.15) is 19.2 Å². The van der Waals surface area contributed by atoms with Crippen LogP contribution in [0.15, 0.2) is 30.3 Å². The van der Waals surface area contributed by atoms with Crippen LogP contribution in [-0.2, 0) is 17.5 Å². The molecule has 20 heavy (non-hydrogen) atoms. The topological polar surface area (TPSA) is 39.9 Å². The van der Waals surface area contributed by atoms with E-state index in [1.165, 1.54) is 0 Å². The van der Waals surface area contributed by atoms with Gasteiger partial charge in [-0.3, -0.25) is 0 Å². The lowest BCUT2D eigenvalue weighted by Crippen LogP contribution is -2.14. The minimum Gasteiger partial charge on any atom is -0.377 e. The van der Waals surface area contributed by atoms with Crippen LogP contribution in [0, 0.1) is 0 Å². The smallest absolute Gasteiger partial charge is 0.163 e. The van der Waals surface area contributed by atoms with Gasteiger partial charge in [0.1, 0.15) is 5.82 Å². The molecular formula is C15H19N3OS. The van der Waals surface area contributed by atoms with Crippen LogP contribution in [0.4, 0.5) is 0 Å². The van der Waals surface area contributed by atoms with E-state index in [1.54, 1.807) is 0 Å². The summed E-state index contributed by atoms with van der Waals surface area (Å²) in [5.41, 5.74) is 1.11. The van der Waals surface area contributed by atoms with Gasteiger partial charge in [0, 0.05) is 24.5 Å². The van der Waals surface area contributed by atoms with Crippen LogP contribution in [0.3, 0.4) is 0 Å². The summed E-state index contributed by atoms with van der Waals surface area (Å²) in [7, 11) is 2.03. The molecule has 0 spiro atoms. The van der Waals surface area contributed by atoms with Gasteiger partial charge >= 0.3 is 0 Å². The highest BCUT2D eigenvalue weighted by molar-refractivity contribution is 7.99. The second kappa shape index (κ2) is 5.97. The Morgan fingerprint density at radius 2 is 2.10 bits per heavy atom. The fourth-order valence-corrected chi connectivity index (χ4v) is 3.67.